The number of aliphatic carboxylic acids is 1. The average molecular weight is 352 g/mol. The van der Waals surface area contributed by atoms with Gasteiger partial charge in [0.05, 0.1) is 0 Å². The van der Waals surface area contributed by atoms with E-state index < -0.39 is 11.8 Å². The van der Waals surface area contributed by atoms with Crippen LogP contribution in [0.2, 0.25) is 0 Å². The molecule has 4 aromatic rings. The molecule has 0 aliphatic carbocycles. The lowest BCUT2D eigenvalue weighted by Crippen LogP contribution is -2.14. The van der Waals surface area contributed by atoms with Gasteiger partial charge in [-0.3, -0.25) is 4.79 Å². The molecule has 0 spiro atoms. The summed E-state index contributed by atoms with van der Waals surface area (Å²) in [5.41, 5.74) is 1.54. The summed E-state index contributed by atoms with van der Waals surface area (Å²) >= 11 is 0. The number of benzene rings is 4. The summed E-state index contributed by atoms with van der Waals surface area (Å²) in [6, 6.07) is 27.0. The van der Waals surface area contributed by atoms with Gasteiger partial charge in [0.25, 0.3) is 5.78 Å². The molecular weight excluding hydrogens is 336 g/mol. The molecule has 0 atom stereocenters. The molecule has 0 fully saturated rings. The SMILES string of the molecule is O=C(O)C(=O)/C(=C/c1ccccc1)c1ccc2ccc3ccccc3c2c1. The predicted molar refractivity (Wildman–Crippen MR) is 108 cm³/mol. The highest BCUT2D eigenvalue weighted by atomic mass is 16.4. The van der Waals surface area contributed by atoms with E-state index in [4.69, 9.17) is 0 Å². The van der Waals surface area contributed by atoms with Crippen LogP contribution in [0.15, 0.2) is 84.9 Å². The van der Waals surface area contributed by atoms with Gasteiger partial charge in [-0.15, -0.1) is 0 Å². The van der Waals surface area contributed by atoms with E-state index in [9.17, 15) is 14.7 Å². The van der Waals surface area contributed by atoms with Crippen molar-refractivity contribution < 1.29 is 14.7 Å². The molecule has 0 radical (unpaired) electrons. The van der Waals surface area contributed by atoms with Gasteiger partial charge < -0.3 is 5.11 Å². The number of carbonyl (C=O) groups excluding carboxylic acids is 1. The molecule has 0 unspecified atom stereocenters. The Bertz CT molecular complexity index is 1200. The second kappa shape index (κ2) is 6.89. The van der Waals surface area contributed by atoms with Crippen molar-refractivity contribution in [1.82, 2.24) is 0 Å². The summed E-state index contributed by atoms with van der Waals surface area (Å²) < 4.78 is 0. The van der Waals surface area contributed by atoms with Crippen molar-refractivity contribution in [1.29, 1.82) is 0 Å². The highest BCUT2D eigenvalue weighted by molar-refractivity contribution is 6.53. The first-order chi connectivity index (χ1) is 13.1. The zero-order valence-electron chi connectivity index (χ0n) is 14.4. The smallest absolute Gasteiger partial charge is 0.377 e. The van der Waals surface area contributed by atoms with Gasteiger partial charge >= 0.3 is 5.97 Å². The van der Waals surface area contributed by atoms with Gasteiger partial charge in [0.1, 0.15) is 0 Å². The fourth-order valence-electron chi connectivity index (χ4n) is 3.28. The van der Waals surface area contributed by atoms with Gasteiger partial charge in [0, 0.05) is 5.57 Å². The molecule has 0 aliphatic heterocycles. The number of carboxylic acid groups (broad SMARTS) is 1. The molecule has 0 aromatic heterocycles. The van der Waals surface area contributed by atoms with Crippen molar-refractivity contribution in [3.63, 3.8) is 0 Å². The van der Waals surface area contributed by atoms with E-state index >= 15 is 0 Å². The van der Waals surface area contributed by atoms with E-state index in [1.54, 1.807) is 12.1 Å². The van der Waals surface area contributed by atoms with Crippen LogP contribution in [-0.4, -0.2) is 16.9 Å². The number of fused-ring (bicyclic) bond motifs is 3. The molecule has 1 N–H and O–H groups in total. The molecule has 0 bridgehead atoms. The van der Waals surface area contributed by atoms with E-state index in [-0.39, 0.29) is 5.57 Å². The summed E-state index contributed by atoms with van der Waals surface area (Å²) in [7, 11) is 0. The van der Waals surface area contributed by atoms with Crippen LogP contribution in [0.3, 0.4) is 0 Å². The Morgan fingerprint density at radius 1 is 0.704 bits per heavy atom. The zero-order valence-corrected chi connectivity index (χ0v) is 14.4. The number of Topliss-reactive ketones (excluding diaryl/α,β-unsaturated/α-hetero) is 1. The monoisotopic (exact) mass is 352 g/mol. The standard InChI is InChI=1S/C24H16O3/c25-23(24(26)27)22(14-16-6-2-1-3-7-16)19-13-12-18-11-10-17-8-4-5-9-20(17)21(18)15-19/h1-15H,(H,26,27)/b22-14+. The fourth-order valence-corrected chi connectivity index (χ4v) is 3.28. The predicted octanol–water partition coefficient (Wildman–Crippen LogP) is 5.19. The number of rotatable bonds is 4. The maximum absolute atomic E-state index is 12.4. The van der Waals surface area contributed by atoms with E-state index in [1.165, 1.54) is 0 Å². The van der Waals surface area contributed by atoms with Crippen LogP contribution in [0.1, 0.15) is 11.1 Å². The molecule has 4 aromatic carbocycles. The van der Waals surface area contributed by atoms with Crippen molar-refractivity contribution in [3.8, 4) is 0 Å². The third-order valence-electron chi connectivity index (χ3n) is 4.61. The van der Waals surface area contributed by atoms with Crippen molar-refractivity contribution >= 4 is 44.9 Å². The van der Waals surface area contributed by atoms with Crippen molar-refractivity contribution in [3.05, 3.63) is 96.1 Å². The van der Waals surface area contributed by atoms with E-state index in [2.05, 4.69) is 6.07 Å². The largest absolute Gasteiger partial charge is 0.475 e. The Labute approximate surface area is 156 Å². The third kappa shape index (κ3) is 3.23. The molecular formula is C24H16O3. The first kappa shape index (κ1) is 16.7. The minimum Gasteiger partial charge on any atom is -0.475 e. The highest BCUT2D eigenvalue weighted by Gasteiger charge is 2.20. The molecule has 0 aliphatic rings. The molecule has 4 rings (SSSR count). The van der Waals surface area contributed by atoms with Crippen LogP contribution in [-0.2, 0) is 9.59 Å². The average Bonchev–Trinajstić information content (AvgIpc) is 2.71. The van der Waals surface area contributed by atoms with Crippen molar-refractivity contribution in [2.45, 2.75) is 0 Å². The zero-order chi connectivity index (χ0) is 18.8. The molecule has 0 heterocycles. The first-order valence-corrected chi connectivity index (χ1v) is 8.60. The van der Waals surface area contributed by atoms with E-state index in [0.717, 1.165) is 27.1 Å². The molecule has 27 heavy (non-hydrogen) atoms. The van der Waals surface area contributed by atoms with Gasteiger partial charge in [0.2, 0.25) is 0 Å². The van der Waals surface area contributed by atoms with Gasteiger partial charge in [-0.2, -0.15) is 0 Å². The van der Waals surface area contributed by atoms with Gasteiger partial charge in [-0.25, -0.2) is 4.79 Å². The van der Waals surface area contributed by atoms with Crippen LogP contribution in [0.5, 0.6) is 0 Å². The Morgan fingerprint density at radius 2 is 1.33 bits per heavy atom. The molecule has 0 saturated carbocycles. The lowest BCUT2D eigenvalue weighted by molar-refractivity contribution is -0.146. The lowest BCUT2D eigenvalue weighted by atomic mass is 9.94. The van der Waals surface area contributed by atoms with Gasteiger partial charge in [0.15, 0.2) is 0 Å². The van der Waals surface area contributed by atoms with Gasteiger partial charge in [-0.1, -0.05) is 78.9 Å². The quantitative estimate of drug-likeness (QED) is 0.238. The third-order valence-corrected chi connectivity index (χ3v) is 4.61. The molecule has 3 heteroatoms. The Kier molecular flexibility index (Phi) is 4.27. The second-order valence-corrected chi connectivity index (χ2v) is 6.33. The minimum absolute atomic E-state index is 0.170. The minimum atomic E-state index is -1.46. The maximum atomic E-state index is 12.4. The van der Waals surface area contributed by atoms with E-state index in [1.807, 2.05) is 72.8 Å². The summed E-state index contributed by atoms with van der Waals surface area (Å²) in [5, 5.41) is 13.5. The number of carbonyl (C=O) groups is 2. The first-order valence-electron chi connectivity index (χ1n) is 8.60. The number of ketones is 1. The summed E-state index contributed by atoms with van der Waals surface area (Å²) in [6.45, 7) is 0. The van der Waals surface area contributed by atoms with Crippen LogP contribution in [0, 0.1) is 0 Å². The maximum Gasteiger partial charge on any atom is 0.377 e. The van der Waals surface area contributed by atoms with Crippen molar-refractivity contribution in [2.75, 3.05) is 0 Å². The van der Waals surface area contributed by atoms with Crippen LogP contribution in [0.25, 0.3) is 33.2 Å². The van der Waals surface area contributed by atoms with Crippen LogP contribution < -0.4 is 0 Å². The fraction of sp³-hybridized carbons (Fsp3) is 0. The molecule has 0 amide bonds. The highest BCUT2D eigenvalue weighted by Crippen LogP contribution is 2.29. The van der Waals surface area contributed by atoms with Crippen molar-refractivity contribution in [2.24, 2.45) is 0 Å². The summed E-state index contributed by atoms with van der Waals surface area (Å²) in [4.78, 5) is 23.8. The normalized spacial score (nSPS) is 11.6. The number of carboxylic acids is 1. The molecule has 3 nitrogen and oxygen atoms in total. The van der Waals surface area contributed by atoms with E-state index in [0.29, 0.717) is 5.56 Å². The summed E-state index contributed by atoms with van der Waals surface area (Å²) in [6.07, 6.45) is 1.63. The molecule has 0 saturated heterocycles. The Balaban J connectivity index is 1.95. The lowest BCUT2D eigenvalue weighted by Gasteiger charge is -2.09. The Hall–Kier alpha value is -3.72. The summed E-state index contributed by atoms with van der Waals surface area (Å²) in [5.74, 6) is -2.38. The topological polar surface area (TPSA) is 54.4 Å². The Morgan fingerprint density at radius 3 is 2.07 bits per heavy atom. The van der Waals surface area contributed by atoms with Gasteiger partial charge in [-0.05, 0) is 44.8 Å². The van der Waals surface area contributed by atoms with Crippen LogP contribution in [0.4, 0.5) is 0 Å². The van der Waals surface area contributed by atoms with Crippen LogP contribution >= 0.6 is 0 Å². The number of hydrogen-bond donors (Lipinski definition) is 1. The molecule has 130 valence electrons. The second-order valence-electron chi connectivity index (χ2n) is 6.33. The number of hydrogen-bond acceptors (Lipinski definition) is 2.